The van der Waals surface area contributed by atoms with E-state index in [0.29, 0.717) is 16.3 Å². The van der Waals surface area contributed by atoms with Gasteiger partial charge >= 0.3 is 0 Å². The van der Waals surface area contributed by atoms with Crippen LogP contribution >= 0.6 is 11.6 Å². The third-order valence-electron chi connectivity index (χ3n) is 5.60. The molecule has 0 aliphatic heterocycles. The molecule has 1 saturated carbocycles. The van der Waals surface area contributed by atoms with Gasteiger partial charge in [0.05, 0.1) is 17.1 Å². The van der Waals surface area contributed by atoms with E-state index in [2.05, 4.69) is 28.9 Å². The summed E-state index contributed by atoms with van der Waals surface area (Å²) in [5, 5.41) is 9.55. The highest BCUT2D eigenvalue weighted by Gasteiger charge is 2.19. The van der Waals surface area contributed by atoms with Crippen molar-refractivity contribution in [1.82, 2.24) is 5.32 Å². The molecule has 0 unspecified atom stereocenters. The summed E-state index contributed by atoms with van der Waals surface area (Å²) < 4.78 is 0. The van der Waals surface area contributed by atoms with Crippen molar-refractivity contribution < 1.29 is 9.59 Å². The monoisotopic (exact) mass is 427 g/mol. The number of amides is 2. The van der Waals surface area contributed by atoms with Gasteiger partial charge in [-0.15, -0.1) is 0 Å². The Bertz CT molecular complexity index is 907. The van der Waals surface area contributed by atoms with Crippen molar-refractivity contribution in [2.24, 2.45) is 0 Å². The molecule has 0 bridgehead atoms. The molecule has 6 heteroatoms. The van der Waals surface area contributed by atoms with Crippen LogP contribution in [0, 0.1) is 6.92 Å². The summed E-state index contributed by atoms with van der Waals surface area (Å²) in [5.41, 5.74) is 4.23. The maximum absolute atomic E-state index is 12.7. The van der Waals surface area contributed by atoms with Crippen LogP contribution in [0.4, 0.5) is 11.4 Å². The van der Waals surface area contributed by atoms with Crippen LogP contribution in [0.25, 0.3) is 0 Å². The first-order valence-corrected chi connectivity index (χ1v) is 11.1. The van der Waals surface area contributed by atoms with E-state index in [1.165, 1.54) is 12.0 Å². The van der Waals surface area contributed by atoms with Crippen molar-refractivity contribution >= 4 is 34.8 Å². The van der Waals surface area contributed by atoms with E-state index in [0.717, 1.165) is 43.4 Å². The van der Waals surface area contributed by atoms with Gasteiger partial charge in [0, 0.05) is 17.4 Å². The highest BCUT2D eigenvalue weighted by Crippen LogP contribution is 2.23. The van der Waals surface area contributed by atoms with E-state index in [1.54, 1.807) is 18.2 Å². The molecule has 2 aromatic carbocycles. The third-order valence-corrected chi connectivity index (χ3v) is 5.93. The van der Waals surface area contributed by atoms with Crippen LogP contribution < -0.4 is 16.0 Å². The van der Waals surface area contributed by atoms with E-state index < -0.39 is 0 Å². The number of rotatable bonds is 7. The standard InChI is InChI=1S/C24H30ClN3O2/c1-3-17-9-7-8-16(2)23(17)26-15-22(29)27-19-12-13-21(25)20(14-19)24(30)28-18-10-5-4-6-11-18/h7-9,12-14,18,26H,3-6,10-11,15H2,1-2H3,(H,27,29)(H,28,30). The second-order valence-electron chi connectivity index (χ2n) is 7.87. The van der Waals surface area contributed by atoms with Gasteiger partial charge in [-0.1, -0.05) is 56.0 Å². The first kappa shape index (κ1) is 22.2. The summed E-state index contributed by atoms with van der Waals surface area (Å²) in [7, 11) is 0. The highest BCUT2D eigenvalue weighted by molar-refractivity contribution is 6.34. The first-order chi connectivity index (χ1) is 14.5. The molecule has 2 amide bonds. The largest absolute Gasteiger partial charge is 0.376 e. The molecule has 1 fully saturated rings. The summed E-state index contributed by atoms with van der Waals surface area (Å²) in [6, 6.07) is 11.3. The molecule has 3 N–H and O–H groups in total. The Labute approximate surface area is 183 Å². The van der Waals surface area contributed by atoms with Crippen molar-refractivity contribution in [2.75, 3.05) is 17.2 Å². The Kier molecular flexibility index (Phi) is 7.75. The van der Waals surface area contributed by atoms with E-state index >= 15 is 0 Å². The summed E-state index contributed by atoms with van der Waals surface area (Å²) in [6.45, 7) is 4.26. The normalized spacial score (nSPS) is 14.2. The predicted molar refractivity (Wildman–Crippen MR) is 123 cm³/mol. The maximum Gasteiger partial charge on any atom is 0.253 e. The minimum Gasteiger partial charge on any atom is -0.376 e. The zero-order valence-corrected chi connectivity index (χ0v) is 18.4. The summed E-state index contributed by atoms with van der Waals surface area (Å²) in [4.78, 5) is 25.1. The van der Waals surface area contributed by atoms with Crippen LogP contribution in [0.15, 0.2) is 36.4 Å². The lowest BCUT2D eigenvalue weighted by Gasteiger charge is -2.23. The lowest BCUT2D eigenvalue weighted by Crippen LogP contribution is -2.36. The van der Waals surface area contributed by atoms with Crippen molar-refractivity contribution in [3.05, 3.63) is 58.1 Å². The SMILES string of the molecule is CCc1cccc(C)c1NCC(=O)Nc1ccc(Cl)c(C(=O)NC2CCCCC2)c1. The molecule has 0 saturated heterocycles. The van der Waals surface area contributed by atoms with Crippen LogP contribution in [0.1, 0.15) is 60.5 Å². The number of anilines is 2. The second kappa shape index (κ2) is 10.5. The molecule has 5 nitrogen and oxygen atoms in total. The molecule has 2 aromatic rings. The van der Waals surface area contributed by atoms with Gasteiger partial charge in [0.1, 0.15) is 0 Å². The fourth-order valence-corrected chi connectivity index (χ4v) is 4.14. The lowest BCUT2D eigenvalue weighted by molar-refractivity contribution is -0.114. The number of halogens is 1. The molecule has 0 radical (unpaired) electrons. The lowest BCUT2D eigenvalue weighted by atomic mass is 9.95. The van der Waals surface area contributed by atoms with Crippen LogP contribution in [0.2, 0.25) is 5.02 Å². The Morgan fingerprint density at radius 3 is 2.60 bits per heavy atom. The number of para-hydroxylation sites is 1. The Morgan fingerprint density at radius 1 is 1.10 bits per heavy atom. The van der Waals surface area contributed by atoms with Crippen LogP contribution in [0.5, 0.6) is 0 Å². The predicted octanol–water partition coefficient (Wildman–Crippen LogP) is 5.32. The number of hydrogen-bond donors (Lipinski definition) is 3. The summed E-state index contributed by atoms with van der Waals surface area (Å²) in [6.07, 6.45) is 6.41. The Morgan fingerprint density at radius 2 is 1.87 bits per heavy atom. The molecule has 1 aliphatic rings. The van der Waals surface area contributed by atoms with Crippen molar-refractivity contribution in [3.63, 3.8) is 0 Å². The van der Waals surface area contributed by atoms with Gasteiger partial charge in [-0.3, -0.25) is 9.59 Å². The average Bonchev–Trinajstić information content (AvgIpc) is 2.74. The van der Waals surface area contributed by atoms with E-state index in [1.807, 2.05) is 19.1 Å². The molecule has 30 heavy (non-hydrogen) atoms. The number of hydrogen-bond acceptors (Lipinski definition) is 3. The zero-order valence-electron chi connectivity index (χ0n) is 17.7. The van der Waals surface area contributed by atoms with E-state index in [9.17, 15) is 9.59 Å². The molecule has 3 rings (SSSR count). The van der Waals surface area contributed by atoms with Crippen LogP contribution in [0.3, 0.4) is 0 Å². The number of nitrogens with one attached hydrogen (secondary N) is 3. The van der Waals surface area contributed by atoms with Crippen molar-refractivity contribution in [3.8, 4) is 0 Å². The molecule has 0 spiro atoms. The van der Waals surface area contributed by atoms with Gasteiger partial charge in [-0.05, 0) is 55.5 Å². The molecule has 0 atom stereocenters. The van der Waals surface area contributed by atoms with Gasteiger partial charge in [-0.25, -0.2) is 0 Å². The molecule has 160 valence electrons. The smallest absolute Gasteiger partial charge is 0.253 e. The second-order valence-corrected chi connectivity index (χ2v) is 8.27. The molecular formula is C24H30ClN3O2. The number of carbonyl (C=O) groups is 2. The Hall–Kier alpha value is -2.53. The van der Waals surface area contributed by atoms with Gasteiger partial charge in [0.2, 0.25) is 5.91 Å². The summed E-state index contributed by atoms with van der Waals surface area (Å²) >= 11 is 6.25. The topological polar surface area (TPSA) is 70.2 Å². The van der Waals surface area contributed by atoms with Gasteiger partial charge in [-0.2, -0.15) is 0 Å². The fourth-order valence-electron chi connectivity index (χ4n) is 3.94. The first-order valence-electron chi connectivity index (χ1n) is 10.7. The minimum absolute atomic E-state index is 0.143. The number of aryl methyl sites for hydroxylation is 2. The zero-order chi connectivity index (χ0) is 21.5. The summed E-state index contributed by atoms with van der Waals surface area (Å²) in [5.74, 6) is -0.366. The Balaban J connectivity index is 1.62. The van der Waals surface area contributed by atoms with E-state index in [-0.39, 0.29) is 24.4 Å². The number of carbonyl (C=O) groups excluding carboxylic acids is 2. The highest BCUT2D eigenvalue weighted by atomic mass is 35.5. The van der Waals surface area contributed by atoms with Crippen LogP contribution in [-0.4, -0.2) is 24.4 Å². The van der Waals surface area contributed by atoms with Crippen LogP contribution in [-0.2, 0) is 11.2 Å². The minimum atomic E-state index is -0.186. The average molecular weight is 428 g/mol. The fraction of sp³-hybridized carbons (Fsp3) is 0.417. The van der Waals surface area contributed by atoms with Gasteiger partial charge < -0.3 is 16.0 Å². The van der Waals surface area contributed by atoms with E-state index in [4.69, 9.17) is 11.6 Å². The molecule has 1 aliphatic carbocycles. The molecule has 0 heterocycles. The number of benzene rings is 2. The van der Waals surface area contributed by atoms with Gasteiger partial charge in [0.25, 0.3) is 5.91 Å². The molecular weight excluding hydrogens is 398 g/mol. The van der Waals surface area contributed by atoms with Gasteiger partial charge in [0.15, 0.2) is 0 Å². The maximum atomic E-state index is 12.7. The third kappa shape index (κ3) is 5.76. The van der Waals surface area contributed by atoms with Crippen molar-refractivity contribution in [1.29, 1.82) is 0 Å². The molecule has 0 aromatic heterocycles. The quantitative estimate of drug-likeness (QED) is 0.559. The van der Waals surface area contributed by atoms with Crippen molar-refractivity contribution in [2.45, 2.75) is 58.4 Å².